The van der Waals surface area contributed by atoms with Crippen molar-refractivity contribution in [2.45, 2.75) is 4.90 Å². The van der Waals surface area contributed by atoms with E-state index in [1.807, 2.05) is 59.4 Å². The van der Waals surface area contributed by atoms with Gasteiger partial charge in [-0.3, -0.25) is 4.79 Å². The Hall–Kier alpha value is -3.76. The van der Waals surface area contributed by atoms with Gasteiger partial charge in [0.25, 0.3) is 0 Å². The van der Waals surface area contributed by atoms with E-state index in [0.29, 0.717) is 10.6 Å². The predicted molar refractivity (Wildman–Crippen MR) is 114 cm³/mol. The first-order valence-electron chi connectivity index (χ1n) is 9.17. The zero-order valence-corrected chi connectivity index (χ0v) is 16.9. The van der Waals surface area contributed by atoms with Gasteiger partial charge in [-0.1, -0.05) is 23.9 Å². The predicted octanol–water partition coefficient (Wildman–Crippen LogP) is 4.18. The maximum Gasteiger partial charge on any atom is 0.338 e. The first kappa shape index (κ1) is 19.6. The molecular formula is C23H17N3O3S. The van der Waals surface area contributed by atoms with Crippen molar-refractivity contribution < 1.29 is 14.3 Å². The number of ether oxygens (including phenoxy) is 1. The Bertz CT molecular complexity index is 1180. The Morgan fingerprint density at radius 1 is 1.03 bits per heavy atom. The lowest BCUT2D eigenvalue weighted by atomic mass is 10.2. The number of nitrogens with zero attached hydrogens (tertiary/aromatic N) is 3. The van der Waals surface area contributed by atoms with Crippen LogP contribution in [-0.4, -0.2) is 30.0 Å². The summed E-state index contributed by atoms with van der Waals surface area (Å²) in [6, 6.07) is 20.3. The molecule has 2 heterocycles. The minimum absolute atomic E-state index is 0.0190. The fraction of sp³-hybridized carbons (Fsp3) is 0.0870. The summed E-state index contributed by atoms with van der Waals surface area (Å²) >= 11 is 1.36. The van der Waals surface area contributed by atoms with Crippen molar-refractivity contribution in [1.82, 2.24) is 4.57 Å². The van der Waals surface area contributed by atoms with E-state index in [1.54, 1.807) is 36.2 Å². The van der Waals surface area contributed by atoms with Gasteiger partial charge in [-0.2, -0.15) is 5.26 Å². The monoisotopic (exact) mass is 415 g/mol. The molecule has 3 aromatic rings. The Kier molecular flexibility index (Phi) is 5.42. The molecule has 6 nitrogen and oxygen atoms in total. The molecule has 148 valence electrons. The summed E-state index contributed by atoms with van der Waals surface area (Å²) in [7, 11) is 1.80. The number of carbonyl (C=O) groups is 2. The van der Waals surface area contributed by atoms with Crippen molar-refractivity contribution in [3.63, 3.8) is 0 Å². The molecule has 0 N–H and O–H groups in total. The maximum atomic E-state index is 12.6. The van der Waals surface area contributed by atoms with Crippen LogP contribution in [0, 0.1) is 11.3 Å². The lowest BCUT2D eigenvalue weighted by Gasteiger charge is -2.14. The zero-order chi connectivity index (χ0) is 21.1. The smallest absolute Gasteiger partial charge is 0.338 e. The molecule has 0 saturated carbocycles. The van der Waals surface area contributed by atoms with Crippen LogP contribution in [-0.2, 0) is 9.53 Å². The molecule has 1 aliphatic heterocycles. The van der Waals surface area contributed by atoms with Gasteiger partial charge in [-0.15, -0.1) is 0 Å². The number of ketones is 1. The van der Waals surface area contributed by atoms with Crippen LogP contribution in [0.2, 0.25) is 0 Å². The van der Waals surface area contributed by atoms with Crippen molar-refractivity contribution in [3.05, 3.63) is 89.2 Å². The summed E-state index contributed by atoms with van der Waals surface area (Å²) in [5.74, 6) is -1.14. The average molecular weight is 415 g/mol. The van der Waals surface area contributed by atoms with Gasteiger partial charge < -0.3 is 14.2 Å². The Morgan fingerprint density at radius 3 is 2.40 bits per heavy atom. The topological polar surface area (TPSA) is 75.3 Å². The maximum absolute atomic E-state index is 12.6. The summed E-state index contributed by atoms with van der Waals surface area (Å²) in [5, 5.41) is 10.1. The molecule has 30 heavy (non-hydrogen) atoms. The minimum Gasteiger partial charge on any atom is -0.454 e. The van der Waals surface area contributed by atoms with Crippen molar-refractivity contribution in [1.29, 1.82) is 5.26 Å². The fourth-order valence-corrected chi connectivity index (χ4v) is 4.27. The third kappa shape index (κ3) is 3.73. The highest BCUT2D eigenvalue weighted by atomic mass is 32.2. The lowest BCUT2D eigenvalue weighted by Crippen LogP contribution is -2.20. The van der Waals surface area contributed by atoms with Gasteiger partial charge in [-0.25, -0.2) is 4.79 Å². The summed E-state index contributed by atoms with van der Waals surface area (Å²) in [5.41, 5.74) is 2.15. The number of aromatic nitrogens is 1. The molecule has 7 heteroatoms. The van der Waals surface area contributed by atoms with E-state index in [0.717, 1.165) is 16.3 Å². The van der Waals surface area contributed by atoms with Gasteiger partial charge in [0.1, 0.15) is 16.7 Å². The first-order chi connectivity index (χ1) is 14.6. The van der Waals surface area contributed by atoms with Crippen LogP contribution in [0.25, 0.3) is 5.69 Å². The molecule has 0 aliphatic carbocycles. The number of anilines is 1. The summed E-state index contributed by atoms with van der Waals surface area (Å²) in [6.45, 7) is -0.491. The van der Waals surface area contributed by atoms with Gasteiger partial charge >= 0.3 is 5.97 Å². The number of esters is 1. The molecule has 0 atom stereocenters. The second-order valence-corrected chi connectivity index (χ2v) is 7.59. The Balaban J connectivity index is 1.44. The Morgan fingerprint density at radius 2 is 1.73 bits per heavy atom. The normalized spacial score (nSPS) is 14.1. The van der Waals surface area contributed by atoms with Crippen LogP contribution in [0.1, 0.15) is 10.4 Å². The van der Waals surface area contributed by atoms with Gasteiger partial charge in [0.05, 0.1) is 11.3 Å². The third-order valence-electron chi connectivity index (χ3n) is 4.68. The number of carbonyl (C=O) groups excluding carboxylic acids is 2. The van der Waals surface area contributed by atoms with E-state index in [4.69, 9.17) is 4.74 Å². The number of hydrogen-bond acceptors (Lipinski definition) is 6. The van der Waals surface area contributed by atoms with Gasteiger partial charge in [-0.05, 0) is 48.5 Å². The van der Waals surface area contributed by atoms with Crippen molar-refractivity contribution >= 4 is 29.2 Å². The molecule has 0 unspecified atom stereocenters. The number of Topliss-reactive ketones (excluding diaryl/α,β-unsaturated/α-hetero) is 1. The number of rotatable bonds is 5. The number of para-hydroxylation sites is 1. The van der Waals surface area contributed by atoms with Crippen LogP contribution < -0.4 is 4.90 Å². The molecule has 1 aromatic heterocycles. The highest BCUT2D eigenvalue weighted by Crippen LogP contribution is 2.46. The highest BCUT2D eigenvalue weighted by molar-refractivity contribution is 8.03. The van der Waals surface area contributed by atoms with Gasteiger partial charge in [0.2, 0.25) is 5.78 Å². The number of fused-ring (bicyclic) bond motifs is 1. The second kappa shape index (κ2) is 8.31. The van der Waals surface area contributed by atoms with E-state index in [1.165, 1.54) is 11.8 Å². The van der Waals surface area contributed by atoms with Crippen LogP contribution in [0.4, 0.5) is 5.69 Å². The second-order valence-electron chi connectivity index (χ2n) is 6.56. The van der Waals surface area contributed by atoms with E-state index in [2.05, 4.69) is 0 Å². The standard InChI is InChI=1S/C23H17N3O3S/c1-25-19-6-2-3-7-21(19)30-22(25)18(14-24)20(27)15-29-23(28)16-8-10-17(11-9-16)26-12-4-5-13-26/h2-13H,15H2,1H3/b22-18-. The molecule has 0 fully saturated rings. The van der Waals surface area contributed by atoms with Crippen molar-refractivity contribution in [2.24, 2.45) is 0 Å². The molecule has 0 saturated heterocycles. The van der Waals surface area contributed by atoms with E-state index < -0.39 is 18.4 Å². The van der Waals surface area contributed by atoms with Crippen molar-refractivity contribution in [3.8, 4) is 11.8 Å². The zero-order valence-electron chi connectivity index (χ0n) is 16.1. The van der Waals surface area contributed by atoms with Gasteiger partial charge in [0, 0.05) is 30.0 Å². The average Bonchev–Trinajstić information content (AvgIpc) is 3.42. The summed E-state index contributed by atoms with van der Waals surface area (Å²) in [6.07, 6.45) is 3.80. The van der Waals surface area contributed by atoms with Crippen LogP contribution in [0.15, 0.2) is 88.6 Å². The molecule has 0 amide bonds. The van der Waals surface area contributed by atoms with E-state index >= 15 is 0 Å². The summed E-state index contributed by atoms with van der Waals surface area (Å²) < 4.78 is 7.08. The van der Waals surface area contributed by atoms with Crippen molar-refractivity contribution in [2.75, 3.05) is 18.6 Å². The number of thioether (sulfide) groups is 1. The summed E-state index contributed by atoms with van der Waals surface area (Å²) in [4.78, 5) is 27.7. The van der Waals surface area contributed by atoms with Crippen LogP contribution >= 0.6 is 11.8 Å². The SMILES string of the molecule is CN1/C(=C(\C#N)C(=O)COC(=O)c2ccc(-n3cccc3)cc2)Sc2ccccc21. The first-order valence-corrected chi connectivity index (χ1v) is 9.99. The third-order valence-corrected chi connectivity index (χ3v) is 5.92. The molecule has 4 rings (SSSR count). The molecule has 1 aliphatic rings. The number of benzene rings is 2. The van der Waals surface area contributed by atoms with Crippen LogP contribution in [0.3, 0.4) is 0 Å². The quantitative estimate of drug-likeness (QED) is 0.354. The molecule has 2 aromatic carbocycles. The van der Waals surface area contributed by atoms with Gasteiger partial charge in [0.15, 0.2) is 6.61 Å². The largest absolute Gasteiger partial charge is 0.454 e. The van der Waals surface area contributed by atoms with E-state index in [9.17, 15) is 14.9 Å². The van der Waals surface area contributed by atoms with E-state index in [-0.39, 0.29) is 5.57 Å². The minimum atomic E-state index is -0.611. The Labute approximate surface area is 178 Å². The van der Waals surface area contributed by atoms with Crippen LogP contribution in [0.5, 0.6) is 0 Å². The molecule has 0 spiro atoms. The number of nitriles is 1. The molecular weight excluding hydrogens is 398 g/mol. The fourth-order valence-electron chi connectivity index (χ4n) is 3.11. The number of hydrogen-bond donors (Lipinski definition) is 0. The molecule has 0 radical (unpaired) electrons. The highest BCUT2D eigenvalue weighted by Gasteiger charge is 2.28. The lowest BCUT2D eigenvalue weighted by molar-refractivity contribution is -0.118. The molecule has 0 bridgehead atoms.